The van der Waals surface area contributed by atoms with Gasteiger partial charge < -0.3 is 86.1 Å². The Labute approximate surface area is 497 Å². The van der Waals surface area contributed by atoms with Gasteiger partial charge in [-0.15, -0.1) is 0 Å². The Morgan fingerprint density at radius 2 is 0.917 bits per heavy atom. The van der Waals surface area contributed by atoms with Crippen LogP contribution in [-0.2, 0) is 19.1 Å². The fourth-order valence-electron chi connectivity index (χ4n) is 8.76. The molecular formula is C65H102O19. The van der Waals surface area contributed by atoms with E-state index >= 15 is 0 Å². The van der Waals surface area contributed by atoms with Gasteiger partial charge in [0.05, 0.1) is 36.6 Å². The van der Waals surface area contributed by atoms with Gasteiger partial charge in [0, 0.05) is 30.4 Å². The summed E-state index contributed by atoms with van der Waals surface area (Å²) in [5.74, 6) is -4.85. The second kappa shape index (κ2) is 46.6. The van der Waals surface area contributed by atoms with Crippen LogP contribution in [0, 0.1) is 17.8 Å². The molecule has 0 aliphatic carbocycles. The minimum Gasteiger partial charge on any atom is -0.478 e. The summed E-state index contributed by atoms with van der Waals surface area (Å²) in [7, 11) is 0. The van der Waals surface area contributed by atoms with Crippen molar-refractivity contribution in [3.05, 3.63) is 146 Å². The summed E-state index contributed by atoms with van der Waals surface area (Å²) < 4.78 is 11.4. The predicted molar refractivity (Wildman–Crippen MR) is 323 cm³/mol. The molecule has 1 aliphatic rings. The third kappa shape index (κ3) is 32.8. The first-order chi connectivity index (χ1) is 40.1. The molecule has 19 atom stereocenters. The van der Waals surface area contributed by atoms with Gasteiger partial charge in [0.1, 0.15) is 54.9 Å². The second-order valence-corrected chi connectivity index (χ2v) is 21.4. The maximum atomic E-state index is 13.7. The first-order valence-electron chi connectivity index (χ1n) is 29.6. The summed E-state index contributed by atoms with van der Waals surface area (Å²) in [4.78, 5) is 24.2. The highest BCUT2D eigenvalue weighted by Crippen LogP contribution is 2.28. The standard InChI is InChI=1S/C65H102O19/c1-45(42-43-51(69)50(68)38-32-26-22-23-29-35-41-54(72)73)55(74)46(2)49(67)37-31-25-19-16-17-21-28-34-40-53(71)64(84-65-63(82)60(79)57(76)48(4)83-65)47(3)56(75)59(78)62(81)61(80)58(77)52(70)39-33-27-20-15-13-11-9-7-5-6-8-10-12-14-18-24-30-36-44-66/h8,10,16-17,19,21-23,25-29,31-35,37-38,40-43,45-53,55,57-71,74,76-82H,5-7,9,11-15,18,20,24,30,36,39,44H2,1-4H3,(H,72,73). The molecule has 1 saturated heterocycles. The molecule has 15 N–H and O–H groups in total. The normalized spacial score (nSPS) is 23.9. The molecule has 0 aromatic carbocycles. The number of carbonyl (C=O) groups excluding carboxylic acids is 1. The number of aliphatic hydroxyl groups is 14. The number of Topliss-reactive ketones (excluding diaryl/α,β-unsaturated/α-hetero) is 1. The van der Waals surface area contributed by atoms with Gasteiger partial charge >= 0.3 is 5.97 Å². The number of rotatable bonds is 45. The van der Waals surface area contributed by atoms with Gasteiger partial charge in [-0.1, -0.05) is 205 Å². The average Bonchev–Trinajstić information content (AvgIpc) is 2.27. The first kappa shape index (κ1) is 77.4. The second-order valence-electron chi connectivity index (χ2n) is 21.4. The molecule has 1 aliphatic heterocycles. The van der Waals surface area contributed by atoms with Crippen molar-refractivity contribution in [1.29, 1.82) is 0 Å². The van der Waals surface area contributed by atoms with E-state index in [1.807, 2.05) is 6.08 Å². The molecule has 0 bridgehead atoms. The van der Waals surface area contributed by atoms with Crippen LogP contribution in [0.15, 0.2) is 146 Å². The zero-order valence-corrected chi connectivity index (χ0v) is 49.5. The lowest BCUT2D eigenvalue weighted by molar-refractivity contribution is -0.311. The number of aliphatic carboxylic acids is 1. The SMILES string of the molecule is CC(C=CC(O)C(O)C=CC=CC=CC=CC(=O)O)C(O)C(C)C(O)C=CC=CC=CC=CC=CC(O)C(OC1OC(C)C(O)C(O)C1O)C(C)C(=O)C(O)C(O)C(O)C(O)C(O)CC=CCCCCCCCCC=CCCCCCCCO. The molecule has 0 radical (unpaired) electrons. The summed E-state index contributed by atoms with van der Waals surface area (Å²) in [6, 6.07) is 0. The Balaban J connectivity index is 2.79. The summed E-state index contributed by atoms with van der Waals surface area (Å²) in [5.41, 5.74) is 0. The molecule has 1 rings (SSSR count). The number of aliphatic hydroxyl groups excluding tert-OH is 14. The number of carboxylic acid groups (broad SMARTS) is 1. The Morgan fingerprint density at radius 3 is 1.43 bits per heavy atom. The number of allylic oxidation sites excluding steroid dienone is 17. The Hall–Kier alpha value is -4.62. The maximum Gasteiger partial charge on any atom is 0.328 e. The largest absolute Gasteiger partial charge is 0.478 e. The lowest BCUT2D eigenvalue weighted by Gasteiger charge is -2.41. The Kier molecular flexibility index (Phi) is 42.9. The van der Waals surface area contributed by atoms with Crippen molar-refractivity contribution in [3.63, 3.8) is 0 Å². The first-order valence-corrected chi connectivity index (χ1v) is 29.6. The third-order valence-electron chi connectivity index (χ3n) is 14.4. The van der Waals surface area contributed by atoms with E-state index in [9.17, 15) is 76.0 Å². The number of ether oxygens (including phenoxy) is 2. The lowest BCUT2D eigenvalue weighted by Crippen LogP contribution is -2.59. The van der Waals surface area contributed by atoms with Gasteiger partial charge in [-0.25, -0.2) is 4.79 Å². The molecule has 0 amide bonds. The number of hydrogen-bond acceptors (Lipinski definition) is 18. The molecule has 19 nitrogen and oxygen atoms in total. The number of carboxylic acids is 1. The molecular weight excluding hydrogens is 1080 g/mol. The van der Waals surface area contributed by atoms with E-state index in [4.69, 9.17) is 19.7 Å². The van der Waals surface area contributed by atoms with Crippen molar-refractivity contribution in [1.82, 2.24) is 0 Å². The smallest absolute Gasteiger partial charge is 0.328 e. The van der Waals surface area contributed by atoms with Crippen molar-refractivity contribution in [2.24, 2.45) is 17.8 Å². The van der Waals surface area contributed by atoms with Crippen molar-refractivity contribution >= 4 is 11.8 Å². The van der Waals surface area contributed by atoms with Crippen LogP contribution in [-0.4, -0.2) is 193 Å². The average molecular weight is 1190 g/mol. The van der Waals surface area contributed by atoms with E-state index in [-0.39, 0.29) is 13.0 Å². The van der Waals surface area contributed by atoms with Crippen LogP contribution in [0.25, 0.3) is 0 Å². The summed E-state index contributed by atoms with van der Waals surface area (Å²) >= 11 is 0. The highest BCUT2D eigenvalue weighted by molar-refractivity contribution is 5.86. The maximum absolute atomic E-state index is 13.7. The highest BCUT2D eigenvalue weighted by atomic mass is 16.7. The minimum absolute atomic E-state index is 0.0842. The van der Waals surface area contributed by atoms with Crippen LogP contribution < -0.4 is 0 Å². The zero-order valence-electron chi connectivity index (χ0n) is 49.5. The molecule has 0 spiro atoms. The molecule has 0 saturated carbocycles. The van der Waals surface area contributed by atoms with Crippen LogP contribution in [0.2, 0.25) is 0 Å². The number of unbranched alkanes of at least 4 members (excludes halogenated alkanes) is 12. The van der Waals surface area contributed by atoms with Gasteiger partial charge in [-0.3, -0.25) is 4.79 Å². The molecule has 19 heteroatoms. The van der Waals surface area contributed by atoms with Gasteiger partial charge in [-0.2, -0.15) is 0 Å². The van der Waals surface area contributed by atoms with Crippen molar-refractivity contribution in [3.8, 4) is 0 Å². The summed E-state index contributed by atoms with van der Waals surface area (Å²) in [6.07, 6.45) is 26.6. The molecule has 0 aromatic rings. The molecule has 1 heterocycles. The molecule has 1 fully saturated rings. The Morgan fingerprint density at radius 1 is 0.476 bits per heavy atom. The number of ketones is 1. The van der Waals surface area contributed by atoms with E-state index in [2.05, 4.69) is 12.2 Å². The topological polar surface area (TPSA) is 356 Å². The van der Waals surface area contributed by atoms with Crippen LogP contribution in [0.4, 0.5) is 0 Å². The van der Waals surface area contributed by atoms with Gasteiger partial charge in [0.25, 0.3) is 0 Å². The van der Waals surface area contributed by atoms with Crippen molar-refractivity contribution in [2.45, 2.75) is 222 Å². The highest BCUT2D eigenvalue weighted by Gasteiger charge is 2.47. The molecule has 0 aromatic heterocycles. The van der Waals surface area contributed by atoms with E-state index in [0.717, 1.165) is 70.3 Å². The van der Waals surface area contributed by atoms with Crippen molar-refractivity contribution in [2.75, 3.05) is 6.61 Å². The Bertz CT molecular complexity index is 2130. The van der Waals surface area contributed by atoms with Crippen LogP contribution in [0.1, 0.15) is 124 Å². The molecule has 19 unspecified atom stereocenters. The molecule has 84 heavy (non-hydrogen) atoms. The van der Waals surface area contributed by atoms with E-state index in [0.29, 0.717) is 0 Å². The van der Waals surface area contributed by atoms with E-state index in [1.165, 1.54) is 100 Å². The predicted octanol–water partition coefficient (Wildman–Crippen LogP) is 4.89. The van der Waals surface area contributed by atoms with Crippen LogP contribution in [0.3, 0.4) is 0 Å². The minimum atomic E-state index is -2.36. The number of hydrogen-bond donors (Lipinski definition) is 15. The summed E-state index contributed by atoms with van der Waals surface area (Å²) in [6.45, 7) is 6.25. The fourth-order valence-corrected chi connectivity index (χ4v) is 8.76. The third-order valence-corrected chi connectivity index (χ3v) is 14.4. The van der Waals surface area contributed by atoms with Crippen LogP contribution >= 0.6 is 0 Å². The van der Waals surface area contributed by atoms with Gasteiger partial charge in [0.15, 0.2) is 12.1 Å². The van der Waals surface area contributed by atoms with E-state index in [1.54, 1.807) is 74.6 Å². The summed E-state index contributed by atoms with van der Waals surface area (Å²) in [5, 5.41) is 156. The fraction of sp³-hybridized carbons (Fsp3) is 0.600. The lowest BCUT2D eigenvalue weighted by atomic mass is 9.87. The van der Waals surface area contributed by atoms with Gasteiger partial charge in [0.2, 0.25) is 0 Å². The zero-order chi connectivity index (χ0) is 62.8. The monoisotopic (exact) mass is 1190 g/mol. The van der Waals surface area contributed by atoms with Crippen LogP contribution in [0.5, 0.6) is 0 Å². The quantitative estimate of drug-likeness (QED) is 0.0167. The number of carbonyl (C=O) groups is 2. The van der Waals surface area contributed by atoms with Crippen molar-refractivity contribution < 1.29 is 95.7 Å². The molecule has 476 valence electrons. The van der Waals surface area contributed by atoms with Gasteiger partial charge in [-0.05, 0) is 58.3 Å². The van der Waals surface area contributed by atoms with E-state index < -0.39 is 127 Å².